The molecule has 0 aliphatic carbocycles. The summed E-state index contributed by atoms with van der Waals surface area (Å²) in [7, 11) is -9.50. The minimum Gasteiger partial charge on any atom is -0.321 e. The van der Waals surface area contributed by atoms with Crippen LogP contribution in [0.15, 0.2) is 4.99 Å². The summed E-state index contributed by atoms with van der Waals surface area (Å²) >= 11 is 4.09. The normalized spacial score (nSPS) is 24.4. The van der Waals surface area contributed by atoms with Crippen LogP contribution in [0, 0.1) is 5.92 Å². The zero-order valence-corrected chi connectivity index (χ0v) is 11.6. The third kappa shape index (κ3) is 4.26. The van der Waals surface area contributed by atoms with Gasteiger partial charge in [0.25, 0.3) is 5.40 Å². The molecule has 2 atom stereocenters. The highest BCUT2D eigenvalue weighted by atomic mass is 32.1. The molecule has 100 valence electrons. The highest BCUT2D eigenvalue weighted by Crippen LogP contribution is 2.65. The van der Waals surface area contributed by atoms with Crippen molar-refractivity contribution in [2.75, 3.05) is 12.3 Å². The fourth-order valence-corrected chi connectivity index (χ4v) is 4.85. The Morgan fingerprint density at radius 1 is 1.47 bits per heavy atom. The van der Waals surface area contributed by atoms with E-state index in [2.05, 4.69) is 17.6 Å². The molecule has 1 aliphatic heterocycles. The Morgan fingerprint density at radius 3 is 2.35 bits per heavy atom. The maximum absolute atomic E-state index is 11.2. The van der Waals surface area contributed by atoms with Crippen LogP contribution in [-0.2, 0) is 4.57 Å². The van der Waals surface area contributed by atoms with Crippen LogP contribution in [0.4, 0.5) is 0 Å². The van der Waals surface area contributed by atoms with Crippen molar-refractivity contribution in [2.24, 2.45) is 10.9 Å². The van der Waals surface area contributed by atoms with E-state index in [1.165, 1.54) is 0 Å². The van der Waals surface area contributed by atoms with E-state index in [4.69, 9.17) is 24.5 Å². The molecular formula is C7H16NO6P2S+. The molecule has 0 aromatic heterocycles. The molecule has 17 heavy (non-hydrogen) atoms. The smallest absolute Gasteiger partial charge is 0.321 e. The van der Waals surface area contributed by atoms with Crippen molar-refractivity contribution in [1.82, 2.24) is 0 Å². The largest absolute Gasteiger partial charge is 0.425 e. The van der Waals surface area contributed by atoms with Crippen LogP contribution in [0.3, 0.4) is 0 Å². The zero-order chi connectivity index (χ0) is 13.3. The zero-order valence-electron chi connectivity index (χ0n) is 8.92. The fourth-order valence-electron chi connectivity index (χ4n) is 1.72. The summed E-state index contributed by atoms with van der Waals surface area (Å²) in [5.41, 5.74) is -0.0165. The van der Waals surface area contributed by atoms with Crippen molar-refractivity contribution in [3.05, 3.63) is 0 Å². The maximum atomic E-state index is 11.2. The summed E-state index contributed by atoms with van der Waals surface area (Å²) in [5.74, 6) is 0.818. The van der Waals surface area contributed by atoms with Crippen LogP contribution >= 0.6 is 28.2 Å². The molecule has 0 radical (unpaired) electrons. The second-order valence-electron chi connectivity index (χ2n) is 4.00. The van der Waals surface area contributed by atoms with Gasteiger partial charge in [0.1, 0.15) is 0 Å². The quantitative estimate of drug-likeness (QED) is 0.320. The highest BCUT2D eigenvalue weighted by Gasteiger charge is 2.57. The Hall–Kier alpha value is 0.480. The van der Waals surface area contributed by atoms with Crippen LogP contribution in [-0.4, -0.2) is 47.9 Å². The first-order valence-electron chi connectivity index (χ1n) is 4.92. The molecule has 0 spiro atoms. The predicted molar refractivity (Wildman–Crippen MR) is 68.3 cm³/mol. The number of thiol groups is 1. The van der Waals surface area contributed by atoms with Gasteiger partial charge in [-0.15, -0.1) is 0 Å². The Bertz CT molecular complexity index is 351. The molecule has 0 bridgehead atoms. The molecule has 10 heteroatoms. The summed E-state index contributed by atoms with van der Waals surface area (Å²) in [6.45, 7) is 0.329. The summed E-state index contributed by atoms with van der Waals surface area (Å²) in [6.07, 6.45) is 0.837. The summed E-state index contributed by atoms with van der Waals surface area (Å²) in [5, 5.41) is -1.98. The number of aliphatic imine (C=N–C) groups is 1. The van der Waals surface area contributed by atoms with Crippen LogP contribution in [0.5, 0.6) is 0 Å². The maximum Gasteiger partial charge on any atom is 0.425 e. The summed E-state index contributed by atoms with van der Waals surface area (Å²) < 4.78 is 11.2. The van der Waals surface area contributed by atoms with Gasteiger partial charge in [0.2, 0.25) is 0 Å². The topological polar surface area (TPSA) is 131 Å². The van der Waals surface area contributed by atoms with E-state index in [9.17, 15) is 4.57 Å². The molecule has 1 aliphatic rings. The van der Waals surface area contributed by atoms with Gasteiger partial charge < -0.3 is 9.79 Å². The summed E-state index contributed by atoms with van der Waals surface area (Å²) in [4.78, 5) is 49.4. The Kier molecular flexibility index (Phi) is 5.15. The van der Waals surface area contributed by atoms with Gasteiger partial charge in [0.15, 0.2) is 0 Å². The average Bonchev–Trinajstić information content (AvgIpc) is 2.14. The van der Waals surface area contributed by atoms with Crippen molar-refractivity contribution in [3.63, 3.8) is 0 Å². The molecule has 0 saturated heterocycles. The lowest BCUT2D eigenvalue weighted by Crippen LogP contribution is -2.29. The van der Waals surface area contributed by atoms with Crippen molar-refractivity contribution in [1.29, 1.82) is 0 Å². The first-order valence-corrected chi connectivity index (χ1v) is 8.95. The minimum absolute atomic E-state index is 0.0165. The molecule has 1 heterocycles. The van der Waals surface area contributed by atoms with E-state index in [0.717, 1.165) is 0 Å². The Morgan fingerprint density at radius 2 is 2.06 bits per heavy atom. The average molecular weight is 304 g/mol. The van der Waals surface area contributed by atoms with Gasteiger partial charge in [-0.1, -0.05) is 0 Å². The van der Waals surface area contributed by atoms with Crippen LogP contribution in [0.25, 0.3) is 0 Å². The molecule has 1 rings (SSSR count). The first kappa shape index (κ1) is 15.5. The molecule has 0 saturated carbocycles. The summed E-state index contributed by atoms with van der Waals surface area (Å²) in [6, 6.07) is 0. The first-order chi connectivity index (χ1) is 7.66. The Balaban J connectivity index is 2.95. The number of nitrogens with zero attached hydrogens (tertiary/aromatic N) is 1. The molecule has 0 aromatic carbocycles. The predicted octanol–water partition coefficient (Wildman–Crippen LogP) is 0.0105. The van der Waals surface area contributed by atoms with Crippen molar-refractivity contribution in [3.8, 4) is 0 Å². The standard InChI is InChI=1S/C7H15NO6P2S/c9-15(10,11)7(16(12,13)14)6-2-1-5(4-17)3-8-6/h5,7,9-11H,1-4H2,(H2-,12,13,14,17)/p+1. The lowest BCUT2D eigenvalue weighted by Gasteiger charge is -2.25. The van der Waals surface area contributed by atoms with Gasteiger partial charge in [-0.2, -0.15) is 27.3 Å². The SMILES string of the molecule is O=P(O)(O)C(C1=NCC(CS)CC1)[P+](O)(O)O. The van der Waals surface area contributed by atoms with E-state index in [1.54, 1.807) is 0 Å². The van der Waals surface area contributed by atoms with Gasteiger partial charge >= 0.3 is 15.5 Å². The van der Waals surface area contributed by atoms with Crippen molar-refractivity contribution < 1.29 is 29.0 Å². The van der Waals surface area contributed by atoms with Gasteiger partial charge in [-0.25, -0.2) is 0 Å². The molecule has 0 fully saturated rings. The highest BCUT2D eigenvalue weighted by molar-refractivity contribution is 7.80. The molecule has 0 aromatic rings. The van der Waals surface area contributed by atoms with E-state index in [-0.39, 0.29) is 18.1 Å². The van der Waals surface area contributed by atoms with Gasteiger partial charge in [0.05, 0.1) is 5.71 Å². The van der Waals surface area contributed by atoms with E-state index in [1.807, 2.05) is 0 Å². The molecule has 0 amide bonds. The van der Waals surface area contributed by atoms with Crippen LogP contribution in [0.1, 0.15) is 12.8 Å². The lowest BCUT2D eigenvalue weighted by molar-refractivity contribution is 0.318. The Labute approximate surface area is 105 Å². The van der Waals surface area contributed by atoms with Gasteiger partial charge in [0, 0.05) is 6.54 Å². The second-order valence-corrected chi connectivity index (χ2v) is 8.21. The van der Waals surface area contributed by atoms with Gasteiger partial charge in [-0.3, -0.25) is 9.56 Å². The number of rotatable bonds is 4. The molecule has 7 nitrogen and oxygen atoms in total. The van der Waals surface area contributed by atoms with E-state index >= 15 is 0 Å². The number of hydrogen-bond acceptors (Lipinski definition) is 6. The minimum atomic E-state index is -4.84. The third-order valence-corrected chi connectivity index (χ3v) is 6.80. The molecular weight excluding hydrogens is 288 g/mol. The van der Waals surface area contributed by atoms with E-state index in [0.29, 0.717) is 18.7 Å². The monoisotopic (exact) mass is 304 g/mol. The van der Waals surface area contributed by atoms with Crippen LogP contribution < -0.4 is 0 Å². The van der Waals surface area contributed by atoms with Crippen molar-refractivity contribution >= 4 is 33.9 Å². The van der Waals surface area contributed by atoms with Gasteiger partial charge in [-0.05, 0) is 24.5 Å². The van der Waals surface area contributed by atoms with E-state index < -0.39 is 20.9 Å². The fraction of sp³-hybridized carbons (Fsp3) is 0.857. The third-order valence-electron chi connectivity index (χ3n) is 2.56. The van der Waals surface area contributed by atoms with Crippen LogP contribution in [0.2, 0.25) is 0 Å². The number of hydrogen-bond donors (Lipinski definition) is 6. The second kappa shape index (κ2) is 5.63. The lowest BCUT2D eigenvalue weighted by atomic mass is 10.0. The molecule has 5 N–H and O–H groups in total. The molecule has 2 unspecified atom stereocenters. The van der Waals surface area contributed by atoms with Crippen molar-refractivity contribution in [2.45, 2.75) is 18.2 Å².